The molecule has 0 saturated heterocycles. The zero-order chi connectivity index (χ0) is 56.3. The molecule has 0 bridgehead atoms. The van der Waals surface area contributed by atoms with Crippen LogP contribution in [-0.4, -0.2) is 10.2 Å². The van der Waals surface area contributed by atoms with E-state index in [1.807, 2.05) is 98.8 Å². The molecule has 0 saturated carbocycles. The zero-order valence-electron chi connectivity index (χ0n) is 46.6. The molecule has 3 aliphatic rings. The highest BCUT2D eigenvalue weighted by atomic mass is 16.3. The minimum absolute atomic E-state index is 0.689. The fourth-order valence-electron chi connectivity index (χ4n) is 14.7. The van der Waals surface area contributed by atoms with Gasteiger partial charge in [0.1, 0.15) is 11.2 Å². The van der Waals surface area contributed by atoms with Crippen molar-refractivity contribution >= 4 is 64.6 Å². The molecule has 2 N–H and O–H groups in total. The molecular formula is C82H56O2. The van der Waals surface area contributed by atoms with Gasteiger partial charge in [-0.15, -0.1) is 0 Å². The van der Waals surface area contributed by atoms with E-state index in [1.54, 1.807) is 0 Å². The molecule has 0 spiro atoms. The van der Waals surface area contributed by atoms with Crippen LogP contribution in [0.25, 0.3) is 131 Å². The Morgan fingerprint density at radius 1 is 0.226 bits per heavy atom. The predicted octanol–water partition coefficient (Wildman–Crippen LogP) is 20.8. The summed E-state index contributed by atoms with van der Waals surface area (Å²) in [5, 5.41) is 41.4. The summed E-state index contributed by atoms with van der Waals surface area (Å²) >= 11 is 0. The van der Waals surface area contributed by atoms with Crippen molar-refractivity contribution in [3.05, 3.63) is 325 Å². The van der Waals surface area contributed by atoms with E-state index in [1.165, 1.54) is 109 Å². The van der Waals surface area contributed by atoms with Crippen LogP contribution in [0.3, 0.4) is 0 Å². The lowest BCUT2D eigenvalue weighted by atomic mass is 9.63. The third kappa shape index (κ3) is 7.05. The van der Waals surface area contributed by atoms with Gasteiger partial charge in [0.25, 0.3) is 0 Å². The first kappa shape index (κ1) is 49.6. The summed E-state index contributed by atoms with van der Waals surface area (Å²) in [5.41, 5.74) is 16.3. The maximum absolute atomic E-state index is 13.0. The van der Waals surface area contributed by atoms with Gasteiger partial charge in [-0.2, -0.15) is 0 Å². The lowest BCUT2D eigenvalue weighted by Gasteiger charge is -2.45. The van der Waals surface area contributed by atoms with E-state index < -0.39 is 11.2 Å². The lowest BCUT2D eigenvalue weighted by Crippen LogP contribution is -2.44. The SMILES string of the molecule is CC.OC1(c2ccccc2)c2ccccc2C(O)(c2ccccc2)c2cc3c(cc21)-c1cccc2c1c-3cc1ccccc12.c1ccc(-c2c3ccccc3c(-c3ccccc3)c3cc4c(cc23)-c2cccc3c2c-4cc2ccccc23)cc1. The van der Waals surface area contributed by atoms with Crippen molar-refractivity contribution in [3.63, 3.8) is 0 Å². The smallest absolute Gasteiger partial charge is 0.141 e. The zero-order valence-corrected chi connectivity index (χ0v) is 46.6. The standard InChI is InChI=1S/C40H26O2.C40H24.C2H6/c41-39(26-13-3-1-4-14-26)34-20-9-10-21-35(34)40(42,27-15-5-2-6-16-27)37-24-32-31(23-36(37)39)30-19-11-18-29-28-17-8-7-12-25(28)22-33(32)38(29)30;1-3-12-25(13-4-1)38-30-18-9-10-19-31(30)39(26-14-5-2-6-15-26)37-24-34-33(23-36(37)38)32-21-11-20-29-28-17-8-7-16-27(28)22-35(34)40(29)32;1-2/h1-24,41-42H;1-24H;1-2H3. The first-order valence-electron chi connectivity index (χ1n) is 29.4. The number of benzene rings is 15. The molecule has 0 radical (unpaired) electrons. The minimum Gasteiger partial charge on any atom is -0.376 e. The molecule has 0 aliphatic heterocycles. The fraction of sp³-hybridized carbons (Fsp3) is 0.0488. The van der Waals surface area contributed by atoms with Crippen LogP contribution < -0.4 is 0 Å². The summed E-state index contributed by atoms with van der Waals surface area (Å²) in [6.07, 6.45) is 0. The number of hydrogen-bond donors (Lipinski definition) is 2. The number of aliphatic hydroxyl groups is 2. The van der Waals surface area contributed by atoms with Crippen molar-refractivity contribution in [1.29, 1.82) is 0 Å². The summed E-state index contributed by atoms with van der Waals surface area (Å²) in [6, 6.07) is 103. The molecule has 0 aromatic heterocycles. The summed E-state index contributed by atoms with van der Waals surface area (Å²) < 4.78 is 0. The van der Waals surface area contributed by atoms with Gasteiger partial charge in [-0.1, -0.05) is 269 Å². The lowest BCUT2D eigenvalue weighted by molar-refractivity contribution is 0.0749. The van der Waals surface area contributed by atoms with Crippen molar-refractivity contribution in [2.75, 3.05) is 0 Å². The van der Waals surface area contributed by atoms with Gasteiger partial charge in [-0.25, -0.2) is 0 Å². The first-order chi connectivity index (χ1) is 41.5. The quantitative estimate of drug-likeness (QED) is 0.136. The molecule has 2 atom stereocenters. The molecular weight excluding hydrogens is 1020 g/mol. The van der Waals surface area contributed by atoms with Crippen LogP contribution in [0.2, 0.25) is 0 Å². The monoisotopic (exact) mass is 1070 g/mol. The van der Waals surface area contributed by atoms with E-state index in [0.717, 1.165) is 33.4 Å². The average Bonchev–Trinajstić information content (AvgIpc) is 1.30. The minimum atomic E-state index is -1.46. The molecule has 2 unspecified atom stereocenters. The van der Waals surface area contributed by atoms with Crippen LogP contribution in [0.1, 0.15) is 47.2 Å². The molecule has 0 heterocycles. The fourth-order valence-corrected chi connectivity index (χ4v) is 14.7. The highest BCUT2D eigenvalue weighted by Gasteiger charge is 2.51. The van der Waals surface area contributed by atoms with Gasteiger partial charge in [-0.05, 0) is 190 Å². The Balaban J connectivity index is 0.000000134. The van der Waals surface area contributed by atoms with Gasteiger partial charge in [0.2, 0.25) is 0 Å². The van der Waals surface area contributed by atoms with Crippen LogP contribution in [-0.2, 0) is 11.2 Å². The third-order valence-corrected chi connectivity index (χ3v) is 18.2. The molecule has 2 heteroatoms. The Morgan fingerprint density at radius 3 is 0.976 bits per heavy atom. The summed E-state index contributed by atoms with van der Waals surface area (Å²) in [4.78, 5) is 0. The largest absolute Gasteiger partial charge is 0.376 e. The topological polar surface area (TPSA) is 40.5 Å². The molecule has 15 aromatic carbocycles. The molecule has 84 heavy (non-hydrogen) atoms. The maximum Gasteiger partial charge on any atom is 0.141 e. The Labute approximate surface area is 488 Å². The molecule has 0 fully saturated rings. The van der Waals surface area contributed by atoms with Crippen LogP contribution in [0, 0.1) is 0 Å². The third-order valence-electron chi connectivity index (χ3n) is 18.2. The Morgan fingerprint density at radius 2 is 0.548 bits per heavy atom. The molecule has 15 aromatic rings. The Bertz CT molecular complexity index is 5160. The van der Waals surface area contributed by atoms with Crippen molar-refractivity contribution in [2.45, 2.75) is 25.0 Å². The van der Waals surface area contributed by atoms with E-state index in [4.69, 9.17) is 0 Å². The van der Waals surface area contributed by atoms with Crippen LogP contribution in [0.15, 0.2) is 291 Å². The first-order valence-corrected chi connectivity index (χ1v) is 29.4. The highest BCUT2D eigenvalue weighted by molar-refractivity contribution is 6.29. The van der Waals surface area contributed by atoms with E-state index in [-0.39, 0.29) is 0 Å². The summed E-state index contributed by atoms with van der Waals surface area (Å²) in [6.45, 7) is 4.00. The van der Waals surface area contributed by atoms with E-state index in [0.29, 0.717) is 22.3 Å². The molecule has 0 amide bonds. The molecule has 2 nitrogen and oxygen atoms in total. The number of hydrogen-bond acceptors (Lipinski definition) is 2. The van der Waals surface area contributed by atoms with Gasteiger partial charge < -0.3 is 10.2 Å². The van der Waals surface area contributed by atoms with Crippen LogP contribution >= 0.6 is 0 Å². The summed E-state index contributed by atoms with van der Waals surface area (Å²) in [5.74, 6) is 0. The van der Waals surface area contributed by atoms with Crippen molar-refractivity contribution in [2.24, 2.45) is 0 Å². The van der Waals surface area contributed by atoms with Gasteiger partial charge >= 0.3 is 0 Å². The van der Waals surface area contributed by atoms with Crippen LogP contribution in [0.4, 0.5) is 0 Å². The normalized spacial score (nSPS) is 15.7. The number of fused-ring (bicyclic) bond motifs is 14. The van der Waals surface area contributed by atoms with Crippen molar-refractivity contribution in [3.8, 4) is 66.8 Å². The maximum atomic E-state index is 13.0. The Hall–Kier alpha value is -10.2. The molecule has 396 valence electrons. The second-order valence-corrected chi connectivity index (χ2v) is 22.4. The highest BCUT2D eigenvalue weighted by Crippen LogP contribution is 2.59. The van der Waals surface area contributed by atoms with E-state index >= 15 is 0 Å². The molecule has 18 rings (SSSR count). The van der Waals surface area contributed by atoms with Gasteiger partial charge in [-0.3, -0.25) is 0 Å². The van der Waals surface area contributed by atoms with Crippen molar-refractivity contribution in [1.82, 2.24) is 0 Å². The summed E-state index contributed by atoms with van der Waals surface area (Å²) in [7, 11) is 0. The van der Waals surface area contributed by atoms with Gasteiger partial charge in [0.15, 0.2) is 0 Å². The van der Waals surface area contributed by atoms with Gasteiger partial charge in [0, 0.05) is 11.1 Å². The van der Waals surface area contributed by atoms with E-state index in [9.17, 15) is 10.2 Å². The average molecular weight is 1070 g/mol. The van der Waals surface area contributed by atoms with E-state index in [2.05, 4.69) is 206 Å². The second-order valence-electron chi connectivity index (χ2n) is 22.4. The molecule has 3 aliphatic carbocycles. The Kier molecular flexibility index (Phi) is 11.3. The van der Waals surface area contributed by atoms with Crippen molar-refractivity contribution < 1.29 is 10.2 Å². The second kappa shape index (κ2) is 19.2. The van der Waals surface area contributed by atoms with Crippen LogP contribution in [0.5, 0.6) is 0 Å². The predicted molar refractivity (Wildman–Crippen MR) is 353 cm³/mol. The number of rotatable bonds is 4. The van der Waals surface area contributed by atoms with Gasteiger partial charge in [0.05, 0.1) is 0 Å².